The lowest BCUT2D eigenvalue weighted by Gasteiger charge is -2.10. The molecule has 1 amide bonds. The van der Waals surface area contributed by atoms with Crippen LogP contribution >= 0.6 is 0 Å². The topological polar surface area (TPSA) is 75.3 Å². The van der Waals surface area contributed by atoms with Gasteiger partial charge in [-0.15, -0.1) is 0 Å². The molecule has 0 radical (unpaired) electrons. The maximum Gasteiger partial charge on any atom is 0.255 e. The first-order valence-electron chi connectivity index (χ1n) is 8.87. The monoisotopic (exact) mass is 394 g/mol. The third-order valence-corrected chi connectivity index (χ3v) is 5.79. The van der Waals surface area contributed by atoms with E-state index in [0.717, 1.165) is 22.4 Å². The van der Waals surface area contributed by atoms with E-state index in [1.807, 2.05) is 62.4 Å². The Kier molecular flexibility index (Phi) is 5.92. The molecular weight excluding hydrogens is 372 g/mol. The first-order valence-corrected chi connectivity index (χ1v) is 10.4. The summed E-state index contributed by atoms with van der Waals surface area (Å²) in [5.74, 6) is -0.286. The summed E-state index contributed by atoms with van der Waals surface area (Å²) in [4.78, 5) is 12.5. The SMILES string of the molecule is Cc1cccc(CNS(=O)(=O)c2ccc(C(=O)Nc3ccccc3C)cc2)c1. The van der Waals surface area contributed by atoms with E-state index in [1.165, 1.54) is 24.3 Å². The molecule has 0 saturated carbocycles. The van der Waals surface area contributed by atoms with Crippen LogP contribution in [-0.2, 0) is 16.6 Å². The Morgan fingerprint density at radius 1 is 0.893 bits per heavy atom. The smallest absolute Gasteiger partial charge is 0.255 e. The first kappa shape index (κ1) is 19.8. The van der Waals surface area contributed by atoms with Gasteiger partial charge >= 0.3 is 0 Å². The highest BCUT2D eigenvalue weighted by molar-refractivity contribution is 7.89. The second-order valence-electron chi connectivity index (χ2n) is 6.61. The molecule has 3 aromatic carbocycles. The van der Waals surface area contributed by atoms with Crippen LogP contribution in [0.2, 0.25) is 0 Å². The summed E-state index contributed by atoms with van der Waals surface area (Å²) in [5.41, 5.74) is 4.03. The largest absolute Gasteiger partial charge is 0.322 e. The summed E-state index contributed by atoms with van der Waals surface area (Å²) in [6.45, 7) is 4.07. The van der Waals surface area contributed by atoms with E-state index in [0.29, 0.717) is 5.56 Å². The number of benzene rings is 3. The van der Waals surface area contributed by atoms with Crippen molar-refractivity contribution in [2.24, 2.45) is 0 Å². The fraction of sp³-hybridized carbons (Fsp3) is 0.136. The summed E-state index contributed by atoms with van der Waals surface area (Å²) in [7, 11) is -3.66. The van der Waals surface area contributed by atoms with Gasteiger partial charge in [0, 0.05) is 17.8 Å². The maximum atomic E-state index is 12.5. The lowest BCUT2D eigenvalue weighted by molar-refractivity contribution is 0.102. The van der Waals surface area contributed by atoms with Crippen molar-refractivity contribution in [1.82, 2.24) is 4.72 Å². The number of carbonyl (C=O) groups is 1. The Morgan fingerprint density at radius 2 is 1.61 bits per heavy atom. The third kappa shape index (κ3) is 4.85. The zero-order valence-electron chi connectivity index (χ0n) is 15.8. The Hall–Kier alpha value is -2.96. The van der Waals surface area contributed by atoms with E-state index >= 15 is 0 Å². The van der Waals surface area contributed by atoms with Crippen LogP contribution in [0.1, 0.15) is 27.0 Å². The van der Waals surface area contributed by atoms with Gasteiger partial charge in [0.25, 0.3) is 5.91 Å². The second kappa shape index (κ2) is 8.37. The van der Waals surface area contributed by atoms with Gasteiger partial charge in [-0.1, -0.05) is 48.0 Å². The molecule has 3 aromatic rings. The van der Waals surface area contributed by atoms with Crippen LogP contribution in [0.15, 0.2) is 77.7 Å². The van der Waals surface area contributed by atoms with E-state index in [2.05, 4.69) is 10.0 Å². The molecule has 6 heteroatoms. The molecule has 28 heavy (non-hydrogen) atoms. The number of amides is 1. The van der Waals surface area contributed by atoms with E-state index in [-0.39, 0.29) is 17.3 Å². The van der Waals surface area contributed by atoms with Crippen LogP contribution in [0.25, 0.3) is 0 Å². The number of hydrogen-bond acceptors (Lipinski definition) is 3. The van der Waals surface area contributed by atoms with Gasteiger partial charge in [-0.2, -0.15) is 0 Å². The average Bonchev–Trinajstić information content (AvgIpc) is 2.68. The molecule has 0 atom stereocenters. The predicted molar refractivity (Wildman–Crippen MR) is 111 cm³/mol. The summed E-state index contributed by atoms with van der Waals surface area (Å²) < 4.78 is 27.6. The number of rotatable bonds is 6. The lowest BCUT2D eigenvalue weighted by atomic mass is 10.1. The van der Waals surface area contributed by atoms with Gasteiger partial charge in [0.1, 0.15) is 0 Å². The molecule has 0 aliphatic carbocycles. The Bertz CT molecular complexity index is 1090. The van der Waals surface area contributed by atoms with Gasteiger partial charge in [0.2, 0.25) is 10.0 Å². The van der Waals surface area contributed by atoms with Gasteiger partial charge < -0.3 is 5.32 Å². The van der Waals surface area contributed by atoms with Crippen molar-refractivity contribution < 1.29 is 13.2 Å². The molecule has 0 unspecified atom stereocenters. The van der Waals surface area contributed by atoms with E-state index in [9.17, 15) is 13.2 Å². The second-order valence-corrected chi connectivity index (χ2v) is 8.37. The van der Waals surface area contributed by atoms with Crippen molar-refractivity contribution in [2.45, 2.75) is 25.3 Å². The molecule has 0 fully saturated rings. The van der Waals surface area contributed by atoms with Crippen LogP contribution in [0.3, 0.4) is 0 Å². The summed E-state index contributed by atoms with van der Waals surface area (Å²) in [5, 5.41) is 2.83. The number of nitrogens with one attached hydrogen (secondary N) is 2. The molecular formula is C22H22N2O3S. The zero-order chi connectivity index (χ0) is 20.1. The van der Waals surface area contributed by atoms with Crippen molar-refractivity contribution in [1.29, 1.82) is 0 Å². The Labute approximate surface area is 165 Å². The molecule has 0 aliphatic heterocycles. The average molecular weight is 394 g/mol. The minimum atomic E-state index is -3.66. The quantitative estimate of drug-likeness (QED) is 0.663. The van der Waals surface area contributed by atoms with Gasteiger partial charge in [-0.3, -0.25) is 4.79 Å². The third-order valence-electron chi connectivity index (χ3n) is 4.37. The van der Waals surface area contributed by atoms with Crippen molar-refractivity contribution in [2.75, 3.05) is 5.32 Å². The molecule has 0 aliphatic rings. The van der Waals surface area contributed by atoms with Gasteiger partial charge in [0.05, 0.1) is 4.90 Å². The predicted octanol–water partition coefficient (Wildman–Crippen LogP) is 4.03. The Morgan fingerprint density at radius 3 is 2.29 bits per heavy atom. The van der Waals surface area contributed by atoms with Crippen LogP contribution in [0, 0.1) is 13.8 Å². The molecule has 0 aromatic heterocycles. The fourth-order valence-corrected chi connectivity index (χ4v) is 3.79. The number of hydrogen-bond donors (Lipinski definition) is 2. The van der Waals surface area contributed by atoms with Crippen LogP contribution in [0.4, 0.5) is 5.69 Å². The zero-order valence-corrected chi connectivity index (χ0v) is 16.6. The molecule has 3 rings (SSSR count). The highest BCUT2D eigenvalue weighted by atomic mass is 32.2. The highest BCUT2D eigenvalue weighted by Crippen LogP contribution is 2.16. The van der Waals surface area contributed by atoms with Gasteiger partial charge in [0.15, 0.2) is 0 Å². The standard InChI is InChI=1S/C22H22N2O3S/c1-16-6-5-8-18(14-16)15-23-28(26,27)20-12-10-19(11-13-20)22(25)24-21-9-4-3-7-17(21)2/h3-14,23H,15H2,1-2H3,(H,24,25). The Balaban J connectivity index is 1.68. The number of para-hydroxylation sites is 1. The van der Waals surface area contributed by atoms with E-state index in [4.69, 9.17) is 0 Å². The number of sulfonamides is 1. The van der Waals surface area contributed by atoms with E-state index < -0.39 is 10.0 Å². The first-order chi connectivity index (χ1) is 13.3. The fourth-order valence-electron chi connectivity index (χ4n) is 2.78. The summed E-state index contributed by atoms with van der Waals surface area (Å²) in [6, 6.07) is 21.0. The molecule has 0 heterocycles. The van der Waals surface area contributed by atoms with Crippen molar-refractivity contribution in [3.05, 3.63) is 95.1 Å². The summed E-state index contributed by atoms with van der Waals surface area (Å²) in [6.07, 6.45) is 0. The number of aryl methyl sites for hydroxylation is 2. The highest BCUT2D eigenvalue weighted by Gasteiger charge is 2.15. The van der Waals surface area contributed by atoms with Crippen molar-refractivity contribution >= 4 is 21.6 Å². The summed E-state index contributed by atoms with van der Waals surface area (Å²) >= 11 is 0. The minimum absolute atomic E-state index is 0.118. The molecule has 144 valence electrons. The van der Waals surface area contributed by atoms with Crippen LogP contribution in [0.5, 0.6) is 0 Å². The maximum absolute atomic E-state index is 12.5. The normalized spacial score (nSPS) is 11.2. The van der Waals surface area contributed by atoms with Crippen molar-refractivity contribution in [3.8, 4) is 0 Å². The number of anilines is 1. The van der Waals surface area contributed by atoms with Gasteiger partial charge in [-0.05, 0) is 55.3 Å². The van der Waals surface area contributed by atoms with Gasteiger partial charge in [-0.25, -0.2) is 13.1 Å². The molecule has 5 nitrogen and oxygen atoms in total. The minimum Gasteiger partial charge on any atom is -0.322 e. The molecule has 0 bridgehead atoms. The number of carbonyl (C=O) groups excluding carboxylic acids is 1. The van der Waals surface area contributed by atoms with Crippen LogP contribution < -0.4 is 10.0 Å². The lowest BCUT2D eigenvalue weighted by Crippen LogP contribution is -2.23. The van der Waals surface area contributed by atoms with E-state index in [1.54, 1.807) is 0 Å². The molecule has 0 spiro atoms. The van der Waals surface area contributed by atoms with Crippen LogP contribution in [-0.4, -0.2) is 14.3 Å². The molecule has 2 N–H and O–H groups in total. The molecule has 0 saturated heterocycles. The van der Waals surface area contributed by atoms with Crippen molar-refractivity contribution in [3.63, 3.8) is 0 Å².